The third-order valence-electron chi connectivity index (χ3n) is 4.01. The lowest BCUT2D eigenvalue weighted by Gasteiger charge is -2.02. The van der Waals surface area contributed by atoms with Gasteiger partial charge in [0.2, 0.25) is 5.91 Å². The molecule has 0 fully saturated rings. The minimum absolute atomic E-state index is 0.209. The summed E-state index contributed by atoms with van der Waals surface area (Å²) in [4.78, 5) is 12.1. The van der Waals surface area contributed by atoms with E-state index in [1.165, 1.54) is 6.08 Å². The predicted octanol–water partition coefficient (Wildman–Crippen LogP) is 3.76. The molecule has 6 nitrogen and oxygen atoms in total. The van der Waals surface area contributed by atoms with Crippen molar-refractivity contribution in [2.45, 2.75) is 26.9 Å². The topological polar surface area (TPSA) is 64.7 Å². The highest BCUT2D eigenvalue weighted by Crippen LogP contribution is 2.13. The summed E-state index contributed by atoms with van der Waals surface area (Å²) in [6, 6.07) is 7.58. The largest absolute Gasteiger partial charge is 0.320 e. The number of halogens is 1. The molecule has 0 saturated carbocycles. The maximum Gasteiger partial charge on any atom is 0.248 e. The van der Waals surface area contributed by atoms with E-state index < -0.39 is 0 Å². The molecule has 1 N–H and O–H groups in total. The molecule has 0 spiro atoms. The Balaban J connectivity index is 1.59. The fourth-order valence-electron chi connectivity index (χ4n) is 2.58. The van der Waals surface area contributed by atoms with Gasteiger partial charge in [0, 0.05) is 35.1 Å². The number of anilines is 1. The first-order valence-electron chi connectivity index (χ1n) is 8.33. The number of aryl methyl sites for hydroxylation is 1. The zero-order valence-electron chi connectivity index (χ0n) is 14.7. The highest BCUT2D eigenvalue weighted by molar-refractivity contribution is 6.30. The molecule has 2 aromatic heterocycles. The van der Waals surface area contributed by atoms with Gasteiger partial charge in [-0.2, -0.15) is 10.2 Å². The van der Waals surface area contributed by atoms with Gasteiger partial charge < -0.3 is 5.32 Å². The van der Waals surface area contributed by atoms with Gasteiger partial charge in [0.15, 0.2) is 0 Å². The van der Waals surface area contributed by atoms with Crippen LogP contribution in [0.1, 0.15) is 23.7 Å². The lowest BCUT2D eigenvalue weighted by Crippen LogP contribution is -2.07. The van der Waals surface area contributed by atoms with Gasteiger partial charge in [0.25, 0.3) is 0 Å². The lowest BCUT2D eigenvalue weighted by atomic mass is 10.2. The van der Waals surface area contributed by atoms with Gasteiger partial charge in [-0.3, -0.25) is 14.2 Å². The third-order valence-corrected chi connectivity index (χ3v) is 4.27. The molecule has 3 aromatic rings. The van der Waals surface area contributed by atoms with Crippen molar-refractivity contribution < 1.29 is 4.79 Å². The number of rotatable bonds is 6. The van der Waals surface area contributed by atoms with Crippen LogP contribution in [0.15, 0.2) is 48.9 Å². The number of carbonyl (C=O) groups is 1. The van der Waals surface area contributed by atoms with E-state index in [2.05, 4.69) is 15.5 Å². The van der Waals surface area contributed by atoms with Crippen molar-refractivity contribution in [3.8, 4) is 0 Å². The first-order valence-corrected chi connectivity index (χ1v) is 8.71. The summed E-state index contributed by atoms with van der Waals surface area (Å²) >= 11 is 5.89. The highest BCUT2D eigenvalue weighted by atomic mass is 35.5. The quantitative estimate of drug-likeness (QED) is 0.673. The lowest BCUT2D eigenvalue weighted by molar-refractivity contribution is -0.111. The van der Waals surface area contributed by atoms with Crippen LogP contribution in [-0.4, -0.2) is 25.5 Å². The Morgan fingerprint density at radius 3 is 2.69 bits per heavy atom. The van der Waals surface area contributed by atoms with Crippen molar-refractivity contribution in [1.82, 2.24) is 19.6 Å². The Morgan fingerprint density at radius 2 is 2.00 bits per heavy atom. The molecule has 0 aliphatic carbocycles. The maximum absolute atomic E-state index is 12.1. The summed E-state index contributed by atoms with van der Waals surface area (Å²) in [5.74, 6) is -0.209. The van der Waals surface area contributed by atoms with E-state index in [1.54, 1.807) is 29.3 Å². The second-order valence-electron chi connectivity index (χ2n) is 5.88. The molecular weight excluding hydrogens is 350 g/mol. The smallest absolute Gasteiger partial charge is 0.248 e. The summed E-state index contributed by atoms with van der Waals surface area (Å²) in [5, 5.41) is 12.0. The van der Waals surface area contributed by atoms with E-state index in [0.717, 1.165) is 23.4 Å². The van der Waals surface area contributed by atoms with Crippen molar-refractivity contribution in [1.29, 1.82) is 0 Å². The normalized spacial score (nSPS) is 11.2. The van der Waals surface area contributed by atoms with Crippen LogP contribution in [0.25, 0.3) is 6.08 Å². The number of nitrogens with one attached hydrogen (secondary N) is 1. The van der Waals surface area contributed by atoms with Crippen molar-refractivity contribution in [3.63, 3.8) is 0 Å². The summed E-state index contributed by atoms with van der Waals surface area (Å²) in [6.07, 6.45) is 8.44. The molecule has 3 rings (SSSR count). The number of hydrogen-bond donors (Lipinski definition) is 1. The number of nitrogens with zero attached hydrogens (tertiary/aromatic N) is 4. The zero-order chi connectivity index (χ0) is 18.5. The third kappa shape index (κ3) is 4.40. The Bertz CT molecular complexity index is 924. The van der Waals surface area contributed by atoms with Gasteiger partial charge >= 0.3 is 0 Å². The van der Waals surface area contributed by atoms with Crippen LogP contribution in [-0.2, 0) is 17.9 Å². The molecule has 0 saturated heterocycles. The standard InChI is InChI=1S/C19H20ClN5O/c1-3-25-14(2)16(10-22-25)6-9-19(26)23-18-11-21-24(13-18)12-15-4-7-17(20)8-5-15/h4-11,13H,3,12H2,1-2H3,(H,23,26)/b9-6+. The molecule has 0 aliphatic heterocycles. The van der Waals surface area contributed by atoms with E-state index in [-0.39, 0.29) is 5.91 Å². The molecule has 7 heteroatoms. The first kappa shape index (κ1) is 17.9. The molecule has 1 amide bonds. The van der Waals surface area contributed by atoms with E-state index in [0.29, 0.717) is 17.3 Å². The van der Waals surface area contributed by atoms with Crippen LogP contribution in [0.5, 0.6) is 0 Å². The van der Waals surface area contributed by atoms with Crippen molar-refractivity contribution in [3.05, 3.63) is 70.8 Å². The fourth-order valence-corrected chi connectivity index (χ4v) is 2.71. The van der Waals surface area contributed by atoms with Crippen LogP contribution in [0.2, 0.25) is 5.02 Å². The van der Waals surface area contributed by atoms with Gasteiger partial charge in [0.1, 0.15) is 0 Å². The number of carbonyl (C=O) groups excluding carboxylic acids is 1. The average molecular weight is 370 g/mol. The SMILES string of the molecule is CCn1ncc(/C=C/C(=O)Nc2cnn(Cc3ccc(Cl)cc3)c2)c1C. The molecule has 1 aromatic carbocycles. The predicted molar refractivity (Wildman–Crippen MR) is 103 cm³/mol. The first-order chi connectivity index (χ1) is 12.5. The molecule has 2 heterocycles. The second kappa shape index (κ2) is 8.01. The van der Waals surface area contributed by atoms with Gasteiger partial charge in [-0.05, 0) is 37.6 Å². The van der Waals surface area contributed by atoms with Crippen LogP contribution < -0.4 is 5.32 Å². The van der Waals surface area contributed by atoms with Gasteiger partial charge in [-0.1, -0.05) is 23.7 Å². The zero-order valence-corrected chi connectivity index (χ0v) is 15.4. The maximum atomic E-state index is 12.1. The van der Waals surface area contributed by atoms with E-state index >= 15 is 0 Å². The minimum Gasteiger partial charge on any atom is -0.320 e. The molecule has 0 atom stereocenters. The van der Waals surface area contributed by atoms with Crippen molar-refractivity contribution in [2.24, 2.45) is 0 Å². The highest BCUT2D eigenvalue weighted by Gasteiger charge is 2.05. The molecule has 0 bridgehead atoms. The molecular formula is C19H20ClN5O. The second-order valence-corrected chi connectivity index (χ2v) is 6.31. The van der Waals surface area contributed by atoms with Crippen molar-refractivity contribution in [2.75, 3.05) is 5.32 Å². The Kier molecular flexibility index (Phi) is 5.53. The molecule has 26 heavy (non-hydrogen) atoms. The summed E-state index contributed by atoms with van der Waals surface area (Å²) in [5.41, 5.74) is 3.70. The molecule has 134 valence electrons. The summed E-state index contributed by atoms with van der Waals surface area (Å²) in [7, 11) is 0. The number of amides is 1. The van der Waals surface area contributed by atoms with E-state index in [9.17, 15) is 4.79 Å². The van der Waals surface area contributed by atoms with Crippen LogP contribution in [0, 0.1) is 6.92 Å². The van der Waals surface area contributed by atoms with Crippen molar-refractivity contribution >= 4 is 29.3 Å². The Morgan fingerprint density at radius 1 is 1.23 bits per heavy atom. The molecule has 0 radical (unpaired) electrons. The molecule has 0 aliphatic rings. The number of benzene rings is 1. The summed E-state index contributed by atoms with van der Waals surface area (Å²) < 4.78 is 3.65. The van der Waals surface area contributed by atoms with Crippen LogP contribution in [0.3, 0.4) is 0 Å². The molecule has 0 unspecified atom stereocenters. The Labute approximate surface area is 157 Å². The van der Waals surface area contributed by atoms with Gasteiger partial charge in [-0.15, -0.1) is 0 Å². The van der Waals surface area contributed by atoms with Gasteiger partial charge in [0.05, 0.1) is 24.6 Å². The number of aromatic nitrogens is 4. The van der Waals surface area contributed by atoms with Crippen LogP contribution >= 0.6 is 11.6 Å². The summed E-state index contributed by atoms with van der Waals surface area (Å²) in [6.45, 7) is 5.42. The minimum atomic E-state index is -0.209. The fraction of sp³-hybridized carbons (Fsp3) is 0.211. The average Bonchev–Trinajstić information content (AvgIpc) is 3.21. The van der Waals surface area contributed by atoms with E-state index in [4.69, 9.17) is 11.6 Å². The van der Waals surface area contributed by atoms with Crippen LogP contribution in [0.4, 0.5) is 5.69 Å². The monoisotopic (exact) mass is 369 g/mol. The van der Waals surface area contributed by atoms with Gasteiger partial charge in [-0.25, -0.2) is 0 Å². The van der Waals surface area contributed by atoms with E-state index in [1.807, 2.05) is 42.8 Å². The Hall–Kier alpha value is -2.86. The number of hydrogen-bond acceptors (Lipinski definition) is 3.